The molecule has 1 atom stereocenters. The molecule has 0 spiro atoms. The third kappa shape index (κ3) is 1.36. The van der Waals surface area contributed by atoms with Crippen molar-refractivity contribution in [2.45, 2.75) is 12.8 Å². The molecule has 0 saturated carbocycles. The summed E-state index contributed by atoms with van der Waals surface area (Å²) < 4.78 is 0. The van der Waals surface area contributed by atoms with Crippen LogP contribution >= 0.6 is 0 Å². The first-order valence-corrected chi connectivity index (χ1v) is 4.62. The highest BCUT2D eigenvalue weighted by molar-refractivity contribution is 5.82. The van der Waals surface area contributed by atoms with Gasteiger partial charge in [-0.15, -0.1) is 6.42 Å². The van der Waals surface area contributed by atoms with Crippen molar-refractivity contribution < 1.29 is 0 Å². The van der Waals surface area contributed by atoms with Crippen LogP contribution in [0.15, 0.2) is 36.5 Å². The third-order valence-electron chi connectivity index (χ3n) is 2.40. The summed E-state index contributed by atoms with van der Waals surface area (Å²) in [5.41, 5.74) is 2.19. The van der Waals surface area contributed by atoms with Gasteiger partial charge in [0.2, 0.25) is 0 Å². The van der Waals surface area contributed by atoms with Crippen LogP contribution in [-0.4, -0.2) is 4.98 Å². The molecule has 0 saturated heterocycles. The summed E-state index contributed by atoms with van der Waals surface area (Å²) in [6.07, 6.45) is 7.24. The van der Waals surface area contributed by atoms with Crippen molar-refractivity contribution >= 4 is 10.9 Å². The third-order valence-corrected chi connectivity index (χ3v) is 2.40. The Morgan fingerprint density at radius 3 is 2.86 bits per heavy atom. The number of hydrogen-bond donors (Lipinski definition) is 0. The minimum absolute atomic E-state index is 0.142. The van der Waals surface area contributed by atoms with Gasteiger partial charge in [-0.1, -0.05) is 24.1 Å². The van der Waals surface area contributed by atoms with Gasteiger partial charge in [-0.05, 0) is 24.6 Å². The summed E-state index contributed by atoms with van der Waals surface area (Å²) in [5.74, 6) is 2.89. The number of terminal acetylenes is 1. The summed E-state index contributed by atoms with van der Waals surface area (Å²) in [4.78, 5) is 4.29. The van der Waals surface area contributed by atoms with E-state index in [1.807, 2.05) is 37.4 Å². The fourth-order valence-corrected chi connectivity index (χ4v) is 1.59. The predicted molar refractivity (Wildman–Crippen MR) is 59.0 cm³/mol. The highest BCUT2D eigenvalue weighted by atomic mass is 14.6. The van der Waals surface area contributed by atoms with E-state index in [2.05, 4.69) is 17.0 Å². The molecule has 1 nitrogen and oxygen atoms in total. The van der Waals surface area contributed by atoms with Crippen molar-refractivity contribution in [3.05, 3.63) is 42.1 Å². The predicted octanol–water partition coefficient (Wildman–Crippen LogP) is 2.97. The number of rotatable bonds is 1. The lowest BCUT2D eigenvalue weighted by Crippen LogP contribution is -1.92. The number of para-hydroxylation sites is 1. The van der Waals surface area contributed by atoms with E-state index in [1.54, 1.807) is 0 Å². The molecular weight excluding hydrogens is 170 g/mol. The van der Waals surface area contributed by atoms with Crippen LogP contribution in [0.3, 0.4) is 0 Å². The van der Waals surface area contributed by atoms with Gasteiger partial charge in [0, 0.05) is 17.5 Å². The van der Waals surface area contributed by atoms with E-state index >= 15 is 0 Å². The van der Waals surface area contributed by atoms with Crippen LogP contribution in [0.5, 0.6) is 0 Å². The molecule has 0 aliphatic carbocycles. The molecule has 2 aromatic rings. The van der Waals surface area contributed by atoms with E-state index in [4.69, 9.17) is 6.42 Å². The highest BCUT2D eigenvalue weighted by Crippen LogP contribution is 2.22. The molecule has 0 radical (unpaired) electrons. The molecule has 1 heterocycles. The average Bonchev–Trinajstić information content (AvgIpc) is 2.27. The summed E-state index contributed by atoms with van der Waals surface area (Å²) in [6, 6.07) is 10.1. The molecule has 0 amide bonds. The first kappa shape index (κ1) is 8.77. The fraction of sp³-hybridized carbons (Fsp3) is 0.154. The minimum atomic E-state index is 0.142. The molecule has 0 fully saturated rings. The average molecular weight is 181 g/mol. The molecule has 1 unspecified atom stereocenters. The molecule has 2 rings (SSSR count). The van der Waals surface area contributed by atoms with Gasteiger partial charge in [-0.25, -0.2) is 0 Å². The molecule has 1 aromatic carbocycles. The second-order valence-electron chi connectivity index (χ2n) is 3.31. The number of pyridine rings is 1. The van der Waals surface area contributed by atoms with E-state index in [1.165, 1.54) is 5.56 Å². The Balaban J connectivity index is 2.72. The van der Waals surface area contributed by atoms with Crippen LogP contribution < -0.4 is 0 Å². The summed E-state index contributed by atoms with van der Waals surface area (Å²) in [7, 11) is 0. The number of nitrogens with zero attached hydrogens (tertiary/aromatic N) is 1. The largest absolute Gasteiger partial charge is 0.256 e. The molecule has 1 aromatic heterocycles. The van der Waals surface area contributed by atoms with Crippen LogP contribution in [0.1, 0.15) is 18.4 Å². The van der Waals surface area contributed by atoms with E-state index < -0.39 is 0 Å². The maximum absolute atomic E-state index is 5.42. The number of fused-ring (bicyclic) bond motifs is 1. The molecule has 68 valence electrons. The van der Waals surface area contributed by atoms with Crippen LogP contribution in [0, 0.1) is 12.3 Å². The van der Waals surface area contributed by atoms with Crippen molar-refractivity contribution in [1.29, 1.82) is 0 Å². The smallest absolute Gasteiger partial charge is 0.0705 e. The van der Waals surface area contributed by atoms with E-state index in [-0.39, 0.29) is 5.92 Å². The van der Waals surface area contributed by atoms with Crippen LogP contribution in [0.4, 0.5) is 0 Å². The van der Waals surface area contributed by atoms with Gasteiger partial charge in [0.05, 0.1) is 5.52 Å². The Morgan fingerprint density at radius 2 is 2.07 bits per heavy atom. The summed E-state index contributed by atoms with van der Waals surface area (Å²) in [5, 5.41) is 1.15. The first-order chi connectivity index (χ1) is 6.83. The number of hydrogen-bond acceptors (Lipinski definition) is 1. The molecule has 1 heteroatoms. The Labute approximate surface area is 83.8 Å². The monoisotopic (exact) mass is 181 g/mol. The van der Waals surface area contributed by atoms with Gasteiger partial charge < -0.3 is 0 Å². The van der Waals surface area contributed by atoms with Gasteiger partial charge in [0.1, 0.15) is 0 Å². The standard InChI is InChI=1S/C13H11N/c1-3-10(2)11-8-9-14-13-7-5-4-6-12(11)13/h1,4-10H,2H3. The number of benzene rings is 1. The Morgan fingerprint density at radius 1 is 1.29 bits per heavy atom. The first-order valence-electron chi connectivity index (χ1n) is 4.62. The van der Waals surface area contributed by atoms with Crippen molar-refractivity contribution in [2.24, 2.45) is 0 Å². The van der Waals surface area contributed by atoms with Crippen LogP contribution in [0.25, 0.3) is 10.9 Å². The van der Waals surface area contributed by atoms with Crippen LogP contribution in [-0.2, 0) is 0 Å². The molecule has 0 aliphatic rings. The van der Waals surface area contributed by atoms with E-state index in [0.29, 0.717) is 0 Å². The van der Waals surface area contributed by atoms with E-state index in [9.17, 15) is 0 Å². The van der Waals surface area contributed by atoms with Gasteiger partial charge in [0.15, 0.2) is 0 Å². The quantitative estimate of drug-likeness (QED) is 0.616. The Bertz CT molecular complexity index is 489. The Kier molecular flexibility index (Phi) is 2.20. The lowest BCUT2D eigenvalue weighted by molar-refractivity contribution is 1.02. The molecule has 0 aliphatic heterocycles. The zero-order chi connectivity index (χ0) is 9.97. The molecular formula is C13H11N. The van der Waals surface area contributed by atoms with Crippen LogP contribution in [0.2, 0.25) is 0 Å². The maximum Gasteiger partial charge on any atom is 0.0705 e. The zero-order valence-electron chi connectivity index (χ0n) is 8.07. The molecule has 0 N–H and O–H groups in total. The molecule has 14 heavy (non-hydrogen) atoms. The van der Waals surface area contributed by atoms with Crippen molar-refractivity contribution in [3.8, 4) is 12.3 Å². The van der Waals surface area contributed by atoms with Crippen molar-refractivity contribution in [3.63, 3.8) is 0 Å². The van der Waals surface area contributed by atoms with Crippen molar-refractivity contribution in [1.82, 2.24) is 4.98 Å². The summed E-state index contributed by atoms with van der Waals surface area (Å²) >= 11 is 0. The fourth-order valence-electron chi connectivity index (χ4n) is 1.59. The van der Waals surface area contributed by atoms with E-state index in [0.717, 1.165) is 10.9 Å². The van der Waals surface area contributed by atoms with Gasteiger partial charge >= 0.3 is 0 Å². The second-order valence-corrected chi connectivity index (χ2v) is 3.31. The topological polar surface area (TPSA) is 12.9 Å². The second kappa shape index (κ2) is 3.51. The molecule has 0 bridgehead atoms. The lowest BCUT2D eigenvalue weighted by Gasteiger charge is -2.07. The number of aromatic nitrogens is 1. The SMILES string of the molecule is C#CC(C)c1ccnc2ccccc12. The van der Waals surface area contributed by atoms with Crippen molar-refractivity contribution in [2.75, 3.05) is 0 Å². The highest BCUT2D eigenvalue weighted by Gasteiger charge is 2.05. The van der Waals surface area contributed by atoms with Gasteiger partial charge in [-0.3, -0.25) is 4.98 Å². The Hall–Kier alpha value is -1.81. The lowest BCUT2D eigenvalue weighted by atomic mass is 9.98. The maximum atomic E-state index is 5.42. The van der Waals surface area contributed by atoms with Gasteiger partial charge in [0.25, 0.3) is 0 Å². The normalized spacial score (nSPS) is 12.3. The minimum Gasteiger partial charge on any atom is -0.256 e. The summed E-state index contributed by atoms with van der Waals surface area (Å²) in [6.45, 7) is 2.03. The zero-order valence-corrected chi connectivity index (χ0v) is 8.07. The van der Waals surface area contributed by atoms with Gasteiger partial charge in [-0.2, -0.15) is 0 Å².